The molecule has 0 N–H and O–H groups in total. The van der Waals surface area contributed by atoms with E-state index in [-0.39, 0.29) is 18.1 Å². The number of ketones is 1. The van der Waals surface area contributed by atoms with Gasteiger partial charge in [0.2, 0.25) is 10.0 Å². The maximum Gasteiger partial charge on any atom is 0.218 e. The van der Waals surface area contributed by atoms with Crippen LogP contribution >= 0.6 is 0 Å². The van der Waals surface area contributed by atoms with E-state index in [2.05, 4.69) is 0 Å². The second kappa shape index (κ2) is 8.80. The van der Waals surface area contributed by atoms with Gasteiger partial charge in [-0.15, -0.1) is 0 Å². The first-order valence-corrected chi connectivity index (χ1v) is 10.1. The molecule has 7 heteroatoms. The minimum Gasteiger partial charge on any atom is -0.494 e. The lowest BCUT2D eigenvalue weighted by atomic mass is 10.1. The SMILES string of the molecule is CCOc1ccc(C(C)=O)cc1CN(C)S(=O)(=O)Cc1ccccc1C#N. The fourth-order valence-corrected chi connectivity index (χ4v) is 3.82. The second-order valence-corrected chi connectivity index (χ2v) is 8.17. The van der Waals surface area contributed by atoms with Crippen LogP contribution in [0.3, 0.4) is 0 Å². The van der Waals surface area contributed by atoms with Crippen LogP contribution in [-0.4, -0.2) is 32.2 Å². The summed E-state index contributed by atoms with van der Waals surface area (Å²) < 4.78 is 32.3. The number of benzene rings is 2. The molecule has 142 valence electrons. The molecule has 0 saturated carbocycles. The van der Waals surface area contributed by atoms with Gasteiger partial charge < -0.3 is 4.74 Å². The Morgan fingerprint density at radius 3 is 2.52 bits per heavy atom. The molecule has 0 aliphatic rings. The van der Waals surface area contributed by atoms with Gasteiger partial charge >= 0.3 is 0 Å². The van der Waals surface area contributed by atoms with Crippen molar-refractivity contribution in [2.45, 2.75) is 26.1 Å². The average molecular weight is 386 g/mol. The van der Waals surface area contributed by atoms with Gasteiger partial charge in [0.1, 0.15) is 5.75 Å². The van der Waals surface area contributed by atoms with E-state index >= 15 is 0 Å². The number of hydrogen-bond acceptors (Lipinski definition) is 5. The van der Waals surface area contributed by atoms with E-state index in [0.29, 0.717) is 34.6 Å². The first-order valence-electron chi connectivity index (χ1n) is 8.47. The van der Waals surface area contributed by atoms with Crippen molar-refractivity contribution < 1.29 is 17.9 Å². The van der Waals surface area contributed by atoms with Crippen molar-refractivity contribution in [3.8, 4) is 11.8 Å². The average Bonchev–Trinajstić information content (AvgIpc) is 2.63. The van der Waals surface area contributed by atoms with Gasteiger partial charge in [0, 0.05) is 24.7 Å². The lowest BCUT2D eigenvalue weighted by molar-refractivity contribution is 0.101. The molecule has 0 radical (unpaired) electrons. The minimum atomic E-state index is -3.67. The monoisotopic (exact) mass is 386 g/mol. The van der Waals surface area contributed by atoms with Gasteiger partial charge in [0.15, 0.2) is 5.78 Å². The van der Waals surface area contributed by atoms with E-state index in [1.165, 1.54) is 18.3 Å². The molecule has 2 aromatic rings. The van der Waals surface area contributed by atoms with E-state index in [1.807, 2.05) is 13.0 Å². The number of nitrogens with zero attached hydrogens (tertiary/aromatic N) is 2. The summed E-state index contributed by atoms with van der Waals surface area (Å²) in [5, 5.41) is 9.16. The predicted octanol–water partition coefficient (Wildman–Crippen LogP) is 3.12. The molecule has 0 bridgehead atoms. The van der Waals surface area contributed by atoms with Crippen molar-refractivity contribution in [1.82, 2.24) is 4.31 Å². The van der Waals surface area contributed by atoms with Crippen molar-refractivity contribution in [2.75, 3.05) is 13.7 Å². The molecule has 0 spiro atoms. The van der Waals surface area contributed by atoms with E-state index in [9.17, 15) is 13.2 Å². The summed E-state index contributed by atoms with van der Waals surface area (Å²) in [6, 6.07) is 13.6. The quantitative estimate of drug-likeness (QED) is 0.651. The second-order valence-electron chi connectivity index (χ2n) is 6.09. The lowest BCUT2D eigenvalue weighted by Gasteiger charge is -2.20. The molecule has 0 heterocycles. The Balaban J connectivity index is 2.29. The van der Waals surface area contributed by atoms with E-state index < -0.39 is 10.0 Å². The third-order valence-corrected chi connectivity index (χ3v) is 5.87. The Morgan fingerprint density at radius 1 is 1.19 bits per heavy atom. The molecule has 27 heavy (non-hydrogen) atoms. The van der Waals surface area contributed by atoms with Crippen LogP contribution in [0.1, 0.15) is 40.9 Å². The maximum absolute atomic E-state index is 12.8. The van der Waals surface area contributed by atoms with Crippen molar-refractivity contribution in [3.63, 3.8) is 0 Å². The standard InChI is InChI=1S/C20H22N2O4S/c1-4-26-20-10-9-16(15(2)23)11-19(20)13-22(3)27(24,25)14-18-8-6-5-7-17(18)12-21/h5-11H,4,13-14H2,1-3H3. The number of hydrogen-bond donors (Lipinski definition) is 0. The normalized spacial score (nSPS) is 11.2. The zero-order valence-corrected chi connectivity index (χ0v) is 16.4. The van der Waals surface area contributed by atoms with Gasteiger partial charge in [-0.2, -0.15) is 5.26 Å². The molecule has 0 aliphatic heterocycles. The van der Waals surface area contributed by atoms with Gasteiger partial charge in [0.05, 0.1) is 24.0 Å². The highest BCUT2D eigenvalue weighted by molar-refractivity contribution is 7.88. The van der Waals surface area contributed by atoms with Crippen LogP contribution in [0.5, 0.6) is 5.75 Å². The molecular weight excluding hydrogens is 364 g/mol. The third kappa shape index (κ3) is 5.16. The Kier molecular flexibility index (Phi) is 6.72. The van der Waals surface area contributed by atoms with Gasteiger partial charge in [-0.1, -0.05) is 18.2 Å². The fourth-order valence-electron chi connectivity index (χ4n) is 2.62. The zero-order chi connectivity index (χ0) is 20.0. The number of rotatable bonds is 8. The number of carbonyl (C=O) groups is 1. The zero-order valence-electron chi connectivity index (χ0n) is 15.6. The topological polar surface area (TPSA) is 87.5 Å². The summed E-state index contributed by atoms with van der Waals surface area (Å²) in [5.41, 5.74) is 1.90. The minimum absolute atomic E-state index is 0.0630. The highest BCUT2D eigenvalue weighted by Gasteiger charge is 2.22. The smallest absolute Gasteiger partial charge is 0.218 e. The summed E-state index contributed by atoms with van der Waals surface area (Å²) in [6.07, 6.45) is 0. The highest BCUT2D eigenvalue weighted by Crippen LogP contribution is 2.24. The molecule has 0 unspecified atom stereocenters. The van der Waals surface area contributed by atoms with Gasteiger partial charge in [0.25, 0.3) is 0 Å². The predicted molar refractivity (Wildman–Crippen MR) is 103 cm³/mol. The Hall–Kier alpha value is -2.69. The maximum atomic E-state index is 12.8. The van der Waals surface area contributed by atoms with E-state index in [0.717, 1.165) is 0 Å². The van der Waals surface area contributed by atoms with Gasteiger partial charge in [-0.05, 0) is 43.7 Å². The Labute approximate surface area is 160 Å². The van der Waals surface area contributed by atoms with E-state index in [4.69, 9.17) is 10.00 Å². The van der Waals surface area contributed by atoms with Gasteiger partial charge in [-0.25, -0.2) is 12.7 Å². The van der Waals surface area contributed by atoms with Crippen LogP contribution in [0.2, 0.25) is 0 Å². The van der Waals surface area contributed by atoms with E-state index in [1.54, 1.807) is 42.5 Å². The Morgan fingerprint density at radius 2 is 1.89 bits per heavy atom. The van der Waals surface area contributed by atoms with Crippen LogP contribution in [0.4, 0.5) is 0 Å². The molecule has 0 aliphatic carbocycles. The van der Waals surface area contributed by atoms with Gasteiger partial charge in [-0.3, -0.25) is 4.79 Å². The van der Waals surface area contributed by atoms with Crippen LogP contribution in [0.25, 0.3) is 0 Å². The molecule has 0 saturated heterocycles. The Bertz CT molecular complexity index is 978. The number of carbonyl (C=O) groups excluding carboxylic acids is 1. The van der Waals surface area contributed by atoms with Crippen molar-refractivity contribution in [2.24, 2.45) is 0 Å². The largest absolute Gasteiger partial charge is 0.494 e. The fraction of sp³-hybridized carbons (Fsp3) is 0.300. The van der Waals surface area contributed by atoms with Crippen molar-refractivity contribution in [3.05, 3.63) is 64.7 Å². The highest BCUT2D eigenvalue weighted by atomic mass is 32.2. The summed E-state index contributed by atoms with van der Waals surface area (Å²) in [4.78, 5) is 11.7. The van der Waals surface area contributed by atoms with Crippen LogP contribution in [0, 0.1) is 11.3 Å². The molecule has 6 nitrogen and oxygen atoms in total. The molecule has 0 fully saturated rings. The van der Waals surface area contributed by atoms with Crippen LogP contribution in [-0.2, 0) is 22.3 Å². The molecule has 0 amide bonds. The third-order valence-electron chi connectivity index (χ3n) is 4.11. The summed E-state index contributed by atoms with van der Waals surface area (Å²) >= 11 is 0. The van der Waals surface area contributed by atoms with Crippen LogP contribution in [0.15, 0.2) is 42.5 Å². The van der Waals surface area contributed by atoms with Crippen molar-refractivity contribution >= 4 is 15.8 Å². The summed E-state index contributed by atoms with van der Waals surface area (Å²) in [5.74, 6) is 0.165. The molecule has 0 aromatic heterocycles. The molecular formula is C20H22N2O4S. The first-order chi connectivity index (χ1) is 12.8. The van der Waals surface area contributed by atoms with Crippen LogP contribution < -0.4 is 4.74 Å². The summed E-state index contributed by atoms with van der Waals surface area (Å²) in [6.45, 7) is 3.78. The molecule has 0 atom stereocenters. The van der Waals surface area contributed by atoms with Crippen molar-refractivity contribution in [1.29, 1.82) is 5.26 Å². The number of Topliss-reactive ketones (excluding diaryl/α,β-unsaturated/α-hetero) is 1. The number of sulfonamides is 1. The number of ether oxygens (including phenoxy) is 1. The lowest BCUT2D eigenvalue weighted by Crippen LogP contribution is -2.28. The molecule has 2 aromatic carbocycles. The summed E-state index contributed by atoms with van der Waals surface area (Å²) in [7, 11) is -2.19. The number of nitriles is 1. The molecule has 2 rings (SSSR count). The first kappa shape index (κ1) is 20.6.